The third-order valence-corrected chi connectivity index (χ3v) is 6.39. The number of aromatic nitrogens is 6. The fraction of sp³-hybridized carbons (Fsp3) is 0.125. The number of anilines is 1. The van der Waals surface area contributed by atoms with Gasteiger partial charge in [0.25, 0.3) is 0 Å². The highest BCUT2D eigenvalue weighted by Gasteiger charge is 2.20. The minimum atomic E-state index is -3.59. The summed E-state index contributed by atoms with van der Waals surface area (Å²) in [7, 11) is -2.22. The monoisotopic (exact) mass is 487 g/mol. The van der Waals surface area contributed by atoms with Crippen LogP contribution in [0.15, 0.2) is 78.2 Å². The molecule has 0 spiro atoms. The molecule has 0 atom stereocenters. The maximum Gasteiger partial charge on any atom is 0.232 e. The number of sulfone groups is 1. The number of rotatable bonds is 7. The lowest BCUT2D eigenvalue weighted by atomic mass is 10.1. The number of hydrogen-bond acceptors (Lipinski definition) is 9. The van der Waals surface area contributed by atoms with Crippen molar-refractivity contribution in [1.82, 2.24) is 29.5 Å². The van der Waals surface area contributed by atoms with E-state index in [1.165, 1.54) is 19.4 Å². The standard InChI is InChI=1S/C24H21N7O3S/c1-34-24-19(35(2,32)33)13-17(14-28-24)22-29-23(27-15-20-25-10-6-11-26-20)21-18(9-12-31(21)30-22)16-7-4-3-5-8-16/h3-14H,15H2,1-2H3,(H,27,29,30). The van der Waals surface area contributed by atoms with E-state index in [9.17, 15) is 8.42 Å². The van der Waals surface area contributed by atoms with E-state index in [1.54, 1.807) is 23.0 Å². The molecule has 0 aliphatic rings. The van der Waals surface area contributed by atoms with E-state index in [2.05, 4.69) is 25.4 Å². The highest BCUT2D eigenvalue weighted by atomic mass is 32.2. The number of hydrogen-bond donors (Lipinski definition) is 1. The Hall–Kier alpha value is -4.38. The smallest absolute Gasteiger partial charge is 0.232 e. The van der Waals surface area contributed by atoms with Crippen molar-refractivity contribution in [2.24, 2.45) is 0 Å². The van der Waals surface area contributed by atoms with Gasteiger partial charge in [0, 0.05) is 42.2 Å². The summed E-state index contributed by atoms with van der Waals surface area (Å²) in [5, 5.41) is 7.96. The lowest BCUT2D eigenvalue weighted by Gasteiger charge is -2.12. The molecular weight excluding hydrogens is 466 g/mol. The quantitative estimate of drug-likeness (QED) is 0.368. The van der Waals surface area contributed by atoms with Crippen molar-refractivity contribution in [3.05, 3.63) is 79.1 Å². The third-order valence-electron chi connectivity index (χ3n) is 5.30. The average molecular weight is 488 g/mol. The van der Waals surface area contributed by atoms with E-state index < -0.39 is 9.84 Å². The zero-order valence-corrected chi connectivity index (χ0v) is 19.8. The topological polar surface area (TPSA) is 124 Å². The van der Waals surface area contributed by atoms with Crippen LogP contribution in [-0.2, 0) is 16.4 Å². The summed E-state index contributed by atoms with van der Waals surface area (Å²) in [4.78, 5) is 17.4. The first-order valence-corrected chi connectivity index (χ1v) is 12.5. The van der Waals surface area contributed by atoms with Crippen LogP contribution in [0.4, 0.5) is 5.82 Å². The number of nitrogens with one attached hydrogen (secondary N) is 1. The normalized spacial score (nSPS) is 11.5. The maximum atomic E-state index is 12.3. The number of fused-ring (bicyclic) bond motifs is 1. The summed E-state index contributed by atoms with van der Waals surface area (Å²) in [5.41, 5.74) is 3.15. The van der Waals surface area contributed by atoms with Crippen LogP contribution in [0.1, 0.15) is 5.82 Å². The average Bonchev–Trinajstić information content (AvgIpc) is 3.32. The number of nitrogens with zero attached hydrogens (tertiary/aromatic N) is 6. The molecule has 1 aromatic carbocycles. The molecule has 10 nitrogen and oxygen atoms in total. The predicted octanol–water partition coefficient (Wildman–Crippen LogP) is 3.27. The molecule has 0 bridgehead atoms. The fourth-order valence-corrected chi connectivity index (χ4v) is 4.47. The first kappa shape index (κ1) is 22.4. The molecule has 11 heteroatoms. The van der Waals surface area contributed by atoms with Crippen molar-refractivity contribution < 1.29 is 13.2 Å². The highest BCUT2D eigenvalue weighted by Crippen LogP contribution is 2.32. The van der Waals surface area contributed by atoms with Crippen molar-refractivity contribution in [3.63, 3.8) is 0 Å². The number of benzene rings is 1. The van der Waals surface area contributed by atoms with Gasteiger partial charge in [-0.2, -0.15) is 0 Å². The van der Waals surface area contributed by atoms with E-state index in [4.69, 9.17) is 9.72 Å². The molecule has 0 saturated heterocycles. The summed E-state index contributed by atoms with van der Waals surface area (Å²) in [6.45, 7) is 0.335. The van der Waals surface area contributed by atoms with Gasteiger partial charge in [0.05, 0.1) is 13.7 Å². The van der Waals surface area contributed by atoms with Gasteiger partial charge in [-0.05, 0) is 23.8 Å². The van der Waals surface area contributed by atoms with Gasteiger partial charge in [0.2, 0.25) is 5.88 Å². The molecule has 5 aromatic rings. The van der Waals surface area contributed by atoms with Gasteiger partial charge < -0.3 is 10.1 Å². The van der Waals surface area contributed by atoms with Gasteiger partial charge in [-0.1, -0.05) is 30.3 Å². The molecule has 176 valence electrons. The molecule has 4 aromatic heterocycles. The first-order chi connectivity index (χ1) is 16.9. The maximum absolute atomic E-state index is 12.3. The Morgan fingerprint density at radius 2 is 1.77 bits per heavy atom. The summed E-state index contributed by atoms with van der Waals surface area (Å²) >= 11 is 0. The van der Waals surface area contributed by atoms with Crippen molar-refractivity contribution in [2.45, 2.75) is 11.4 Å². The number of pyridine rings is 1. The Balaban J connectivity index is 1.66. The molecule has 0 fully saturated rings. The molecule has 5 rings (SSSR count). The molecule has 0 saturated carbocycles. The van der Waals surface area contributed by atoms with E-state index in [0.717, 1.165) is 22.9 Å². The van der Waals surface area contributed by atoms with Crippen molar-refractivity contribution in [2.75, 3.05) is 18.7 Å². The molecular formula is C24H21N7O3S. The van der Waals surface area contributed by atoms with Crippen molar-refractivity contribution in [1.29, 1.82) is 0 Å². The molecule has 0 aliphatic heterocycles. The molecule has 0 unspecified atom stereocenters. The third kappa shape index (κ3) is 4.53. The van der Waals surface area contributed by atoms with Gasteiger partial charge in [-0.25, -0.2) is 32.9 Å². The van der Waals surface area contributed by atoms with Crippen LogP contribution >= 0.6 is 0 Å². The van der Waals surface area contributed by atoms with Gasteiger partial charge >= 0.3 is 0 Å². The van der Waals surface area contributed by atoms with E-state index in [0.29, 0.717) is 29.6 Å². The van der Waals surface area contributed by atoms with Gasteiger partial charge in [-0.3, -0.25) is 0 Å². The Bertz CT molecular complexity index is 1610. The summed E-state index contributed by atoms with van der Waals surface area (Å²) in [6.07, 6.45) is 7.77. The second-order valence-electron chi connectivity index (χ2n) is 7.69. The minimum Gasteiger partial charge on any atom is -0.480 e. The van der Waals surface area contributed by atoms with Crippen LogP contribution in [0.2, 0.25) is 0 Å². The van der Waals surface area contributed by atoms with Crippen molar-refractivity contribution >= 4 is 21.2 Å². The summed E-state index contributed by atoms with van der Waals surface area (Å²) in [6, 6.07) is 15.1. The van der Waals surface area contributed by atoms with Crippen LogP contribution in [0.3, 0.4) is 0 Å². The predicted molar refractivity (Wildman–Crippen MR) is 131 cm³/mol. The second-order valence-corrected chi connectivity index (χ2v) is 9.68. The highest BCUT2D eigenvalue weighted by molar-refractivity contribution is 7.90. The van der Waals surface area contributed by atoms with Crippen LogP contribution in [0.25, 0.3) is 28.0 Å². The van der Waals surface area contributed by atoms with E-state index in [1.807, 2.05) is 42.6 Å². The van der Waals surface area contributed by atoms with Gasteiger partial charge in [0.1, 0.15) is 16.2 Å². The van der Waals surface area contributed by atoms with Crippen LogP contribution in [-0.4, -0.2) is 51.3 Å². The SMILES string of the molecule is COc1ncc(-c2nc(NCc3ncccn3)c3c(-c4ccccc4)ccn3n2)cc1S(C)(=O)=O. The molecule has 4 heterocycles. The van der Waals surface area contributed by atoms with E-state index in [-0.39, 0.29) is 10.8 Å². The Morgan fingerprint density at radius 3 is 2.49 bits per heavy atom. The van der Waals surface area contributed by atoms with E-state index >= 15 is 0 Å². The molecule has 1 N–H and O–H groups in total. The first-order valence-electron chi connectivity index (χ1n) is 10.6. The zero-order chi connectivity index (χ0) is 24.4. The Labute approximate surface area is 201 Å². The molecule has 35 heavy (non-hydrogen) atoms. The van der Waals surface area contributed by atoms with Crippen LogP contribution in [0.5, 0.6) is 5.88 Å². The second kappa shape index (κ2) is 9.11. The summed E-state index contributed by atoms with van der Waals surface area (Å²) < 4.78 is 31.5. The minimum absolute atomic E-state index is 0.0178. The fourth-order valence-electron chi connectivity index (χ4n) is 3.68. The van der Waals surface area contributed by atoms with Crippen LogP contribution in [0, 0.1) is 0 Å². The Morgan fingerprint density at radius 1 is 1.00 bits per heavy atom. The number of methoxy groups -OCH3 is 1. The van der Waals surface area contributed by atoms with Gasteiger partial charge in [0.15, 0.2) is 21.5 Å². The molecule has 0 radical (unpaired) electrons. The number of ether oxygens (including phenoxy) is 1. The molecule has 0 amide bonds. The lowest BCUT2D eigenvalue weighted by molar-refractivity contribution is 0.385. The van der Waals surface area contributed by atoms with Gasteiger partial charge in [-0.15, -0.1) is 5.10 Å². The molecule has 0 aliphatic carbocycles. The summed E-state index contributed by atoms with van der Waals surface area (Å²) in [5.74, 6) is 1.46. The van der Waals surface area contributed by atoms with Crippen molar-refractivity contribution in [3.8, 4) is 28.4 Å². The zero-order valence-electron chi connectivity index (χ0n) is 19.0. The van der Waals surface area contributed by atoms with Crippen LogP contribution < -0.4 is 10.1 Å². The Kier molecular flexibility index (Phi) is 5.83. The lowest BCUT2D eigenvalue weighted by Crippen LogP contribution is -2.09. The largest absolute Gasteiger partial charge is 0.480 e.